The molecule has 1 unspecified atom stereocenters. The second-order valence-corrected chi connectivity index (χ2v) is 4.44. The van der Waals surface area contributed by atoms with Crippen LogP contribution in [-0.4, -0.2) is 12.2 Å². The first kappa shape index (κ1) is 11.1. The maximum Gasteiger partial charge on any atom is 0.123 e. The van der Waals surface area contributed by atoms with Crippen LogP contribution in [0.4, 0.5) is 0 Å². The minimum Gasteiger partial charge on any atom is -0.508 e. The summed E-state index contributed by atoms with van der Waals surface area (Å²) >= 11 is 0. The minimum absolute atomic E-state index is 0.136. The molecule has 1 heterocycles. The zero-order valence-corrected chi connectivity index (χ0v) is 10.2. The highest BCUT2D eigenvalue weighted by atomic mass is 16.5. The van der Waals surface area contributed by atoms with Crippen LogP contribution in [0, 0.1) is 0 Å². The molecular formula is C15H15NO2. The molecule has 0 fully saturated rings. The van der Waals surface area contributed by atoms with Crippen molar-refractivity contribution in [3.8, 4) is 11.5 Å². The predicted octanol–water partition coefficient (Wildman–Crippen LogP) is 2.59. The topological polar surface area (TPSA) is 41.5 Å². The summed E-state index contributed by atoms with van der Waals surface area (Å²) in [5.41, 5.74) is 3.48. The molecule has 0 spiro atoms. The summed E-state index contributed by atoms with van der Waals surface area (Å²) in [7, 11) is 1.69. The molecule has 3 nitrogen and oxygen atoms in total. The smallest absolute Gasteiger partial charge is 0.123 e. The lowest BCUT2D eigenvalue weighted by atomic mass is 9.97. The quantitative estimate of drug-likeness (QED) is 0.849. The monoisotopic (exact) mass is 241 g/mol. The molecule has 3 rings (SSSR count). The Hall–Kier alpha value is -2.00. The van der Waals surface area contributed by atoms with Crippen LogP contribution < -0.4 is 10.1 Å². The molecule has 3 heteroatoms. The van der Waals surface area contributed by atoms with Crippen molar-refractivity contribution in [2.45, 2.75) is 12.6 Å². The van der Waals surface area contributed by atoms with E-state index >= 15 is 0 Å². The van der Waals surface area contributed by atoms with E-state index in [1.807, 2.05) is 30.3 Å². The molecule has 0 aromatic heterocycles. The Morgan fingerprint density at radius 3 is 2.83 bits per heavy atom. The van der Waals surface area contributed by atoms with E-state index in [0.29, 0.717) is 5.75 Å². The van der Waals surface area contributed by atoms with Crippen LogP contribution in [0.1, 0.15) is 22.7 Å². The lowest BCUT2D eigenvalue weighted by Gasteiger charge is -2.16. The standard InChI is InChI=1S/C15H15NO2/c1-18-14-5-3-2-4-13(14)15-12-7-6-11(17)8-10(12)9-16-15/h2-8,15-17H,9H2,1H3. The van der Waals surface area contributed by atoms with Crippen molar-refractivity contribution in [1.82, 2.24) is 5.32 Å². The van der Waals surface area contributed by atoms with E-state index in [-0.39, 0.29) is 6.04 Å². The number of rotatable bonds is 2. The zero-order chi connectivity index (χ0) is 12.5. The van der Waals surface area contributed by atoms with Gasteiger partial charge < -0.3 is 15.2 Å². The third-order valence-corrected chi connectivity index (χ3v) is 3.38. The molecule has 0 radical (unpaired) electrons. The molecule has 0 amide bonds. The molecule has 1 aliphatic rings. The van der Waals surface area contributed by atoms with Crippen LogP contribution in [0.2, 0.25) is 0 Å². The van der Waals surface area contributed by atoms with Crippen LogP contribution in [0.5, 0.6) is 11.5 Å². The number of nitrogens with one attached hydrogen (secondary N) is 1. The first-order valence-electron chi connectivity index (χ1n) is 5.97. The number of ether oxygens (including phenoxy) is 1. The van der Waals surface area contributed by atoms with Gasteiger partial charge in [0.05, 0.1) is 13.2 Å². The number of methoxy groups -OCH3 is 1. The highest BCUT2D eigenvalue weighted by Gasteiger charge is 2.25. The molecule has 0 aliphatic carbocycles. The summed E-state index contributed by atoms with van der Waals surface area (Å²) in [6.45, 7) is 0.770. The third kappa shape index (κ3) is 1.73. The Balaban J connectivity index is 2.06. The molecule has 2 N–H and O–H groups in total. The summed E-state index contributed by atoms with van der Waals surface area (Å²) in [4.78, 5) is 0. The fourth-order valence-corrected chi connectivity index (χ4v) is 2.53. The zero-order valence-electron chi connectivity index (χ0n) is 10.2. The van der Waals surface area contributed by atoms with Gasteiger partial charge in [-0.2, -0.15) is 0 Å². The van der Waals surface area contributed by atoms with E-state index in [0.717, 1.165) is 23.4 Å². The first-order chi connectivity index (χ1) is 8.79. The number of hydrogen-bond acceptors (Lipinski definition) is 3. The summed E-state index contributed by atoms with van der Waals surface area (Å²) in [5.74, 6) is 1.20. The number of hydrogen-bond donors (Lipinski definition) is 2. The average molecular weight is 241 g/mol. The van der Waals surface area contributed by atoms with Crippen molar-refractivity contribution in [2.24, 2.45) is 0 Å². The van der Waals surface area contributed by atoms with E-state index < -0.39 is 0 Å². The fraction of sp³-hybridized carbons (Fsp3) is 0.200. The molecule has 0 bridgehead atoms. The van der Waals surface area contributed by atoms with E-state index in [4.69, 9.17) is 4.74 Å². The summed E-state index contributed by atoms with van der Waals surface area (Å²) < 4.78 is 5.41. The van der Waals surface area contributed by atoms with Crippen molar-refractivity contribution in [2.75, 3.05) is 7.11 Å². The molecule has 92 valence electrons. The van der Waals surface area contributed by atoms with Gasteiger partial charge in [-0.3, -0.25) is 0 Å². The largest absolute Gasteiger partial charge is 0.508 e. The Labute approximate surface area is 106 Å². The fourth-order valence-electron chi connectivity index (χ4n) is 2.53. The Bertz CT molecular complexity index is 580. The number of phenolic OH excluding ortho intramolecular Hbond substituents is 1. The number of fused-ring (bicyclic) bond motifs is 1. The van der Waals surface area contributed by atoms with E-state index in [1.165, 1.54) is 5.56 Å². The van der Waals surface area contributed by atoms with E-state index in [1.54, 1.807) is 13.2 Å². The first-order valence-corrected chi connectivity index (χ1v) is 5.97. The SMILES string of the molecule is COc1ccccc1C1NCc2cc(O)ccc21. The summed E-state index contributed by atoms with van der Waals surface area (Å²) in [6, 6.07) is 13.7. The molecule has 2 aromatic rings. The lowest BCUT2D eigenvalue weighted by Crippen LogP contribution is -2.14. The van der Waals surface area contributed by atoms with Crippen LogP contribution in [0.3, 0.4) is 0 Å². The van der Waals surface area contributed by atoms with Gasteiger partial charge in [0.15, 0.2) is 0 Å². The van der Waals surface area contributed by atoms with Gasteiger partial charge in [0, 0.05) is 12.1 Å². The molecule has 1 atom stereocenters. The number of phenols is 1. The van der Waals surface area contributed by atoms with Crippen LogP contribution in [-0.2, 0) is 6.54 Å². The van der Waals surface area contributed by atoms with Crippen LogP contribution >= 0.6 is 0 Å². The normalized spacial score (nSPS) is 17.5. The molecule has 2 aromatic carbocycles. The van der Waals surface area contributed by atoms with E-state index in [9.17, 15) is 5.11 Å². The Morgan fingerprint density at radius 2 is 2.00 bits per heavy atom. The van der Waals surface area contributed by atoms with Crippen LogP contribution in [0.15, 0.2) is 42.5 Å². The lowest BCUT2D eigenvalue weighted by molar-refractivity contribution is 0.405. The summed E-state index contributed by atoms with van der Waals surface area (Å²) in [5, 5.41) is 13.0. The number of aromatic hydroxyl groups is 1. The van der Waals surface area contributed by atoms with Crippen molar-refractivity contribution in [3.05, 3.63) is 59.2 Å². The van der Waals surface area contributed by atoms with Gasteiger partial charge in [0.2, 0.25) is 0 Å². The maximum absolute atomic E-state index is 9.50. The van der Waals surface area contributed by atoms with Gasteiger partial charge in [-0.1, -0.05) is 24.3 Å². The van der Waals surface area contributed by atoms with Crippen LogP contribution in [0.25, 0.3) is 0 Å². The minimum atomic E-state index is 0.136. The number of benzene rings is 2. The maximum atomic E-state index is 9.50. The number of para-hydroxylation sites is 1. The van der Waals surface area contributed by atoms with Crippen molar-refractivity contribution < 1.29 is 9.84 Å². The molecule has 1 aliphatic heterocycles. The highest BCUT2D eigenvalue weighted by Crippen LogP contribution is 2.36. The molecule has 18 heavy (non-hydrogen) atoms. The average Bonchev–Trinajstić information content (AvgIpc) is 2.81. The van der Waals surface area contributed by atoms with Gasteiger partial charge >= 0.3 is 0 Å². The Kier molecular flexibility index (Phi) is 2.68. The second kappa shape index (κ2) is 4.35. The van der Waals surface area contributed by atoms with Gasteiger partial charge in [0.25, 0.3) is 0 Å². The van der Waals surface area contributed by atoms with Crippen molar-refractivity contribution in [1.29, 1.82) is 0 Å². The van der Waals surface area contributed by atoms with Gasteiger partial charge in [-0.25, -0.2) is 0 Å². The molecule has 0 saturated carbocycles. The van der Waals surface area contributed by atoms with Crippen molar-refractivity contribution in [3.63, 3.8) is 0 Å². The molecule has 0 saturated heterocycles. The highest BCUT2D eigenvalue weighted by molar-refractivity contribution is 5.48. The second-order valence-electron chi connectivity index (χ2n) is 4.44. The van der Waals surface area contributed by atoms with Gasteiger partial charge in [-0.15, -0.1) is 0 Å². The predicted molar refractivity (Wildman–Crippen MR) is 69.8 cm³/mol. The summed E-state index contributed by atoms with van der Waals surface area (Å²) in [6.07, 6.45) is 0. The van der Waals surface area contributed by atoms with Gasteiger partial charge in [0.1, 0.15) is 11.5 Å². The van der Waals surface area contributed by atoms with Crippen molar-refractivity contribution >= 4 is 0 Å². The van der Waals surface area contributed by atoms with E-state index in [2.05, 4.69) is 11.4 Å². The molecular weight excluding hydrogens is 226 g/mol. The third-order valence-electron chi connectivity index (χ3n) is 3.38. The van der Waals surface area contributed by atoms with Gasteiger partial charge in [-0.05, 0) is 29.3 Å². The Morgan fingerprint density at radius 1 is 1.17 bits per heavy atom.